The van der Waals surface area contributed by atoms with Crippen LogP contribution in [-0.4, -0.2) is 55.6 Å². The van der Waals surface area contributed by atoms with Crippen molar-refractivity contribution in [2.45, 2.75) is 30.7 Å². The molecule has 1 aliphatic heterocycles. The van der Waals surface area contributed by atoms with Crippen LogP contribution in [0.25, 0.3) is 0 Å². The van der Waals surface area contributed by atoms with Gasteiger partial charge in [-0.1, -0.05) is 35.9 Å². The molecule has 0 aromatic heterocycles. The minimum atomic E-state index is -3.68. The van der Waals surface area contributed by atoms with Crippen LogP contribution < -0.4 is 5.32 Å². The number of rotatable bonds is 6. The molecule has 2 aromatic carbocycles. The maximum atomic E-state index is 12.9. The Bertz CT molecular complexity index is 1090. The molecule has 7 nitrogen and oxygen atoms in total. The van der Waals surface area contributed by atoms with Gasteiger partial charge in [0.25, 0.3) is 0 Å². The van der Waals surface area contributed by atoms with Gasteiger partial charge in [0.15, 0.2) is 5.78 Å². The number of carbonyl (C=O) groups excluding carboxylic acids is 2. The highest BCUT2D eigenvalue weighted by atomic mass is 35.5. The number of sulfonamides is 1. The number of urea groups is 1. The van der Waals surface area contributed by atoms with Crippen molar-refractivity contribution in [1.82, 2.24) is 14.5 Å². The molecular weight excluding hydrogens is 450 g/mol. The first kappa shape index (κ1) is 22.8. The molecule has 2 aromatic rings. The Morgan fingerprint density at radius 3 is 2.09 bits per heavy atom. The van der Waals surface area contributed by atoms with Gasteiger partial charge in [-0.2, -0.15) is 4.31 Å². The van der Waals surface area contributed by atoms with Crippen LogP contribution in [0.15, 0.2) is 53.4 Å². The first-order chi connectivity index (χ1) is 15.3. The summed E-state index contributed by atoms with van der Waals surface area (Å²) in [6, 6.07) is 13.2. The Labute approximate surface area is 193 Å². The summed E-state index contributed by atoms with van der Waals surface area (Å²) in [6.45, 7) is 2.51. The molecule has 1 heterocycles. The van der Waals surface area contributed by atoms with Crippen LogP contribution in [0, 0.1) is 5.92 Å². The van der Waals surface area contributed by atoms with Crippen LogP contribution in [0.4, 0.5) is 4.79 Å². The molecule has 170 valence electrons. The zero-order chi connectivity index (χ0) is 22.9. The summed E-state index contributed by atoms with van der Waals surface area (Å²) in [6.07, 6.45) is 2.14. The predicted molar refractivity (Wildman–Crippen MR) is 122 cm³/mol. The summed E-state index contributed by atoms with van der Waals surface area (Å²) in [5.74, 6) is 0.302. The normalized spacial score (nSPS) is 18.2. The van der Waals surface area contributed by atoms with Crippen LogP contribution >= 0.6 is 11.6 Å². The highest BCUT2D eigenvalue weighted by molar-refractivity contribution is 7.89. The fourth-order valence-electron chi connectivity index (χ4n) is 3.94. The molecule has 1 N–H and O–H groups in total. The number of halogens is 1. The highest BCUT2D eigenvalue weighted by Gasteiger charge is 2.36. The van der Waals surface area contributed by atoms with E-state index in [0.717, 1.165) is 18.4 Å². The van der Waals surface area contributed by atoms with E-state index in [4.69, 9.17) is 11.6 Å². The van der Waals surface area contributed by atoms with Crippen LogP contribution in [0.1, 0.15) is 41.7 Å². The molecule has 0 spiro atoms. The van der Waals surface area contributed by atoms with Gasteiger partial charge in [0, 0.05) is 36.8 Å². The Hall–Kier alpha value is -2.42. The summed E-state index contributed by atoms with van der Waals surface area (Å²) in [5.41, 5.74) is 1.50. The topological polar surface area (TPSA) is 86.8 Å². The van der Waals surface area contributed by atoms with Crippen LogP contribution in [0.3, 0.4) is 0 Å². The lowest BCUT2D eigenvalue weighted by Gasteiger charge is -2.35. The predicted octanol–water partition coefficient (Wildman–Crippen LogP) is 3.71. The average molecular weight is 476 g/mol. The monoisotopic (exact) mass is 475 g/mol. The van der Waals surface area contributed by atoms with Crippen molar-refractivity contribution in [1.29, 1.82) is 0 Å². The molecule has 4 rings (SSSR count). The summed E-state index contributed by atoms with van der Waals surface area (Å²) in [5, 5.41) is 3.79. The summed E-state index contributed by atoms with van der Waals surface area (Å²) in [7, 11) is -3.68. The van der Waals surface area contributed by atoms with E-state index in [1.165, 1.54) is 35.5 Å². The number of hydrogen-bond donors (Lipinski definition) is 1. The summed E-state index contributed by atoms with van der Waals surface area (Å²) >= 11 is 5.99. The molecule has 2 amide bonds. The summed E-state index contributed by atoms with van der Waals surface area (Å²) in [4.78, 5) is 26.1. The van der Waals surface area contributed by atoms with Gasteiger partial charge < -0.3 is 10.2 Å². The number of nitrogens with one attached hydrogen (secondary N) is 1. The van der Waals surface area contributed by atoms with E-state index in [0.29, 0.717) is 29.6 Å². The molecule has 0 radical (unpaired) electrons. The number of benzene rings is 2. The number of ketones is 1. The number of nitrogens with zero attached hydrogens (tertiary/aromatic N) is 2. The SMILES string of the molecule is CC(=O)c1ccc(S(=O)(=O)N2CCN(C(=O)NC(c3ccc(Cl)cc3)C3CC3)CC2)cc1. The second kappa shape index (κ2) is 9.21. The Balaban J connectivity index is 1.37. The third-order valence-corrected chi connectivity index (χ3v) is 8.19. The summed E-state index contributed by atoms with van der Waals surface area (Å²) < 4.78 is 27.3. The van der Waals surface area contributed by atoms with E-state index in [9.17, 15) is 18.0 Å². The largest absolute Gasteiger partial charge is 0.331 e. The van der Waals surface area contributed by atoms with Crippen LogP contribution in [-0.2, 0) is 10.0 Å². The Morgan fingerprint density at radius 1 is 0.969 bits per heavy atom. The van der Waals surface area contributed by atoms with Crippen molar-refractivity contribution in [2.24, 2.45) is 5.92 Å². The van der Waals surface area contributed by atoms with E-state index in [1.54, 1.807) is 4.90 Å². The minimum Gasteiger partial charge on any atom is -0.331 e. The molecular formula is C23H26ClN3O4S. The van der Waals surface area contributed by atoms with Crippen molar-refractivity contribution in [2.75, 3.05) is 26.2 Å². The molecule has 2 aliphatic rings. The van der Waals surface area contributed by atoms with E-state index in [1.807, 2.05) is 24.3 Å². The molecule has 0 bridgehead atoms. The third-order valence-electron chi connectivity index (χ3n) is 6.03. The molecule has 1 saturated heterocycles. The zero-order valence-electron chi connectivity index (χ0n) is 17.8. The molecule has 9 heteroatoms. The van der Waals surface area contributed by atoms with E-state index < -0.39 is 10.0 Å². The van der Waals surface area contributed by atoms with Gasteiger partial charge >= 0.3 is 6.03 Å². The second-order valence-electron chi connectivity index (χ2n) is 8.29. The molecule has 2 fully saturated rings. The Kier molecular flexibility index (Phi) is 6.55. The number of amides is 2. The van der Waals surface area contributed by atoms with Gasteiger partial charge in [0.2, 0.25) is 10.0 Å². The second-order valence-corrected chi connectivity index (χ2v) is 10.7. The van der Waals surface area contributed by atoms with Crippen molar-refractivity contribution < 1.29 is 18.0 Å². The minimum absolute atomic E-state index is 0.0682. The molecule has 32 heavy (non-hydrogen) atoms. The van der Waals surface area contributed by atoms with E-state index in [-0.39, 0.29) is 35.8 Å². The van der Waals surface area contributed by atoms with Crippen molar-refractivity contribution in [3.8, 4) is 0 Å². The number of piperazine rings is 1. The van der Waals surface area contributed by atoms with Gasteiger partial charge in [-0.3, -0.25) is 4.79 Å². The fourth-order valence-corrected chi connectivity index (χ4v) is 5.49. The highest BCUT2D eigenvalue weighted by Crippen LogP contribution is 2.41. The van der Waals surface area contributed by atoms with Crippen LogP contribution in [0.5, 0.6) is 0 Å². The standard InChI is InChI=1S/C23H26ClN3O4S/c1-16(28)17-6-10-21(11-7-17)32(30,31)27-14-12-26(13-15-27)23(29)25-22(18-2-3-18)19-4-8-20(24)9-5-19/h4-11,18,22H,2-3,12-15H2,1H3,(H,25,29). The van der Waals surface area contributed by atoms with Crippen molar-refractivity contribution in [3.63, 3.8) is 0 Å². The van der Waals surface area contributed by atoms with E-state index in [2.05, 4.69) is 5.32 Å². The van der Waals surface area contributed by atoms with Gasteiger partial charge in [0.1, 0.15) is 0 Å². The maximum absolute atomic E-state index is 12.9. The van der Waals surface area contributed by atoms with E-state index >= 15 is 0 Å². The first-order valence-corrected chi connectivity index (χ1v) is 12.5. The molecule has 1 atom stereocenters. The zero-order valence-corrected chi connectivity index (χ0v) is 19.4. The smallest absolute Gasteiger partial charge is 0.317 e. The maximum Gasteiger partial charge on any atom is 0.317 e. The van der Waals surface area contributed by atoms with Crippen molar-refractivity contribution in [3.05, 3.63) is 64.7 Å². The number of Topliss-reactive ketones (excluding diaryl/α,β-unsaturated/α-hetero) is 1. The lowest BCUT2D eigenvalue weighted by atomic mass is 10.0. The van der Waals surface area contributed by atoms with Gasteiger partial charge in [-0.15, -0.1) is 0 Å². The van der Waals surface area contributed by atoms with Crippen molar-refractivity contribution >= 4 is 33.4 Å². The lowest BCUT2D eigenvalue weighted by Crippen LogP contribution is -2.53. The molecule has 1 aliphatic carbocycles. The number of hydrogen-bond acceptors (Lipinski definition) is 4. The van der Waals surface area contributed by atoms with Crippen LogP contribution in [0.2, 0.25) is 5.02 Å². The third kappa shape index (κ3) is 4.98. The molecule has 1 unspecified atom stereocenters. The molecule has 1 saturated carbocycles. The average Bonchev–Trinajstić information content (AvgIpc) is 3.63. The van der Waals surface area contributed by atoms with Gasteiger partial charge in [-0.05, 0) is 55.5 Å². The number of carbonyl (C=O) groups is 2. The Morgan fingerprint density at radius 2 is 1.56 bits per heavy atom. The first-order valence-electron chi connectivity index (χ1n) is 10.7. The lowest BCUT2D eigenvalue weighted by molar-refractivity contribution is 0.101. The fraction of sp³-hybridized carbons (Fsp3) is 0.391. The van der Waals surface area contributed by atoms with Gasteiger partial charge in [0.05, 0.1) is 10.9 Å². The van der Waals surface area contributed by atoms with Gasteiger partial charge in [-0.25, -0.2) is 13.2 Å². The quantitative estimate of drug-likeness (QED) is 0.645.